The Morgan fingerprint density at radius 3 is 2.67 bits per heavy atom. The van der Waals surface area contributed by atoms with Crippen LogP contribution in [0.5, 0.6) is 0 Å². The van der Waals surface area contributed by atoms with Crippen molar-refractivity contribution in [3.63, 3.8) is 0 Å². The fourth-order valence-corrected chi connectivity index (χ4v) is 2.74. The summed E-state index contributed by atoms with van der Waals surface area (Å²) in [5.41, 5.74) is 3.06. The van der Waals surface area contributed by atoms with Gasteiger partial charge in [0.1, 0.15) is 11.6 Å². The maximum Gasteiger partial charge on any atom is 0.106 e. The summed E-state index contributed by atoms with van der Waals surface area (Å²) >= 11 is 0. The highest BCUT2D eigenvalue weighted by molar-refractivity contribution is 5.80. The number of aromatic nitrogens is 2. The molecular weight excluding hydrogens is 262 g/mol. The molecule has 0 spiro atoms. The Balaban J connectivity index is 1.75. The number of hydrogen-bond acceptors (Lipinski definition) is 5. The Morgan fingerprint density at radius 1 is 1.19 bits per heavy atom. The molecule has 1 aromatic carbocycles. The van der Waals surface area contributed by atoms with E-state index in [-0.39, 0.29) is 0 Å². The van der Waals surface area contributed by atoms with Gasteiger partial charge >= 0.3 is 0 Å². The molecule has 0 N–H and O–H groups in total. The molecule has 0 unspecified atom stereocenters. The lowest BCUT2D eigenvalue weighted by Gasteiger charge is -2.33. The zero-order valence-corrected chi connectivity index (χ0v) is 12.3. The Kier molecular flexibility index (Phi) is 4.09. The molecule has 1 aliphatic rings. The third-order valence-corrected chi connectivity index (χ3v) is 4.04. The zero-order valence-electron chi connectivity index (χ0n) is 12.3. The van der Waals surface area contributed by atoms with Crippen molar-refractivity contribution in [2.45, 2.75) is 13.5 Å². The Bertz CT molecular complexity index is 668. The van der Waals surface area contributed by atoms with Gasteiger partial charge in [0.2, 0.25) is 0 Å². The zero-order chi connectivity index (χ0) is 14.7. The van der Waals surface area contributed by atoms with Crippen molar-refractivity contribution in [2.24, 2.45) is 0 Å². The highest BCUT2D eigenvalue weighted by Crippen LogP contribution is 2.15. The van der Waals surface area contributed by atoms with Crippen LogP contribution in [0.3, 0.4) is 0 Å². The molecule has 0 bridgehead atoms. The van der Waals surface area contributed by atoms with Gasteiger partial charge in [-0.3, -0.25) is 9.88 Å². The molecule has 0 amide bonds. The van der Waals surface area contributed by atoms with E-state index in [4.69, 9.17) is 5.26 Å². The molecule has 2 aromatic rings. The van der Waals surface area contributed by atoms with Gasteiger partial charge < -0.3 is 4.90 Å². The van der Waals surface area contributed by atoms with E-state index >= 15 is 0 Å². The third-order valence-electron chi connectivity index (χ3n) is 4.04. The first-order valence-corrected chi connectivity index (χ1v) is 7.39. The summed E-state index contributed by atoms with van der Waals surface area (Å²) in [6.07, 6.45) is 1.80. The van der Waals surface area contributed by atoms with Crippen LogP contribution < -0.4 is 0 Å². The van der Waals surface area contributed by atoms with E-state index in [2.05, 4.69) is 32.8 Å². The largest absolute Gasteiger partial charge is 0.301 e. The number of nitriles is 1. The standard InChI is InChI=1S/C16H19N5/c1-2-20-6-8-21(9-7-20)12-14-11-18-16-13(10-17)4-3-5-15(16)19-14/h3-5,11H,2,6-9,12H2,1H3. The first-order valence-electron chi connectivity index (χ1n) is 7.39. The maximum absolute atomic E-state index is 9.08. The second kappa shape index (κ2) is 6.17. The molecule has 0 saturated carbocycles. The normalized spacial score (nSPS) is 17.0. The van der Waals surface area contributed by atoms with Gasteiger partial charge in [-0.25, -0.2) is 4.98 Å². The first kappa shape index (κ1) is 13.9. The second-order valence-electron chi connectivity index (χ2n) is 5.36. The number of piperazine rings is 1. The number of fused-ring (bicyclic) bond motifs is 1. The summed E-state index contributed by atoms with van der Waals surface area (Å²) in [6.45, 7) is 8.55. The number of para-hydroxylation sites is 1. The molecule has 1 aromatic heterocycles. The van der Waals surface area contributed by atoms with Crippen molar-refractivity contribution in [1.82, 2.24) is 19.8 Å². The highest BCUT2D eigenvalue weighted by Gasteiger charge is 2.16. The molecule has 2 heterocycles. The number of benzene rings is 1. The minimum atomic E-state index is 0.586. The third kappa shape index (κ3) is 3.02. The second-order valence-corrected chi connectivity index (χ2v) is 5.36. The summed E-state index contributed by atoms with van der Waals surface area (Å²) in [6, 6.07) is 7.72. The van der Waals surface area contributed by atoms with Gasteiger partial charge in [0.05, 0.1) is 23.0 Å². The van der Waals surface area contributed by atoms with Crippen molar-refractivity contribution in [1.29, 1.82) is 5.26 Å². The topological polar surface area (TPSA) is 56.0 Å². The van der Waals surface area contributed by atoms with Crippen LogP contribution in [0.15, 0.2) is 24.4 Å². The molecule has 0 atom stereocenters. The smallest absolute Gasteiger partial charge is 0.106 e. The predicted molar refractivity (Wildman–Crippen MR) is 81.6 cm³/mol. The van der Waals surface area contributed by atoms with Crippen LogP contribution in [0.1, 0.15) is 18.2 Å². The number of hydrogen-bond donors (Lipinski definition) is 0. The van der Waals surface area contributed by atoms with Crippen molar-refractivity contribution in [2.75, 3.05) is 32.7 Å². The number of likely N-dealkylation sites (N-methyl/N-ethyl adjacent to an activating group) is 1. The van der Waals surface area contributed by atoms with Gasteiger partial charge in [0.25, 0.3) is 0 Å². The maximum atomic E-state index is 9.08. The summed E-state index contributed by atoms with van der Waals surface area (Å²) in [5.74, 6) is 0. The molecule has 3 rings (SSSR count). The van der Waals surface area contributed by atoms with E-state index in [9.17, 15) is 0 Å². The molecule has 1 fully saturated rings. The quantitative estimate of drug-likeness (QED) is 0.856. The fraction of sp³-hybridized carbons (Fsp3) is 0.438. The molecule has 108 valence electrons. The van der Waals surface area contributed by atoms with Crippen LogP contribution in [0.4, 0.5) is 0 Å². The lowest BCUT2D eigenvalue weighted by molar-refractivity contribution is 0.131. The van der Waals surface area contributed by atoms with Gasteiger partial charge in [-0.15, -0.1) is 0 Å². The molecule has 0 aliphatic carbocycles. The van der Waals surface area contributed by atoms with Crippen LogP contribution in [0.2, 0.25) is 0 Å². The van der Waals surface area contributed by atoms with E-state index in [1.54, 1.807) is 12.3 Å². The van der Waals surface area contributed by atoms with Crippen molar-refractivity contribution in [3.05, 3.63) is 35.7 Å². The van der Waals surface area contributed by atoms with Crippen LogP contribution in [0, 0.1) is 11.3 Å². The lowest BCUT2D eigenvalue weighted by Crippen LogP contribution is -2.45. The summed E-state index contributed by atoms with van der Waals surface area (Å²) in [5, 5.41) is 9.08. The SMILES string of the molecule is CCN1CCN(Cc2cnc3c(C#N)cccc3n2)CC1. The Hall–Kier alpha value is -2.03. The molecule has 1 saturated heterocycles. The number of rotatable bonds is 3. The van der Waals surface area contributed by atoms with E-state index in [1.165, 1.54) is 0 Å². The molecule has 0 radical (unpaired) electrons. The van der Waals surface area contributed by atoms with Crippen LogP contribution >= 0.6 is 0 Å². The van der Waals surface area contributed by atoms with Crippen LogP contribution in [0.25, 0.3) is 11.0 Å². The van der Waals surface area contributed by atoms with Gasteiger partial charge in [0, 0.05) is 32.7 Å². The highest BCUT2D eigenvalue weighted by atomic mass is 15.3. The first-order chi connectivity index (χ1) is 10.3. The molecular formula is C16H19N5. The number of nitrogens with zero attached hydrogens (tertiary/aromatic N) is 5. The Labute approximate surface area is 124 Å². The van der Waals surface area contributed by atoms with Gasteiger partial charge in [0.15, 0.2) is 0 Å². The van der Waals surface area contributed by atoms with E-state index in [1.807, 2.05) is 12.1 Å². The summed E-state index contributed by atoms with van der Waals surface area (Å²) in [4.78, 5) is 13.9. The monoisotopic (exact) mass is 281 g/mol. The minimum Gasteiger partial charge on any atom is -0.301 e. The van der Waals surface area contributed by atoms with Crippen molar-refractivity contribution >= 4 is 11.0 Å². The molecule has 5 heteroatoms. The van der Waals surface area contributed by atoms with Crippen molar-refractivity contribution < 1.29 is 0 Å². The molecule has 5 nitrogen and oxygen atoms in total. The lowest BCUT2D eigenvalue weighted by atomic mass is 10.2. The average molecular weight is 281 g/mol. The molecule has 1 aliphatic heterocycles. The van der Waals surface area contributed by atoms with Crippen LogP contribution in [-0.4, -0.2) is 52.5 Å². The summed E-state index contributed by atoms with van der Waals surface area (Å²) < 4.78 is 0. The average Bonchev–Trinajstić information content (AvgIpc) is 2.54. The fourth-order valence-electron chi connectivity index (χ4n) is 2.74. The molecule has 21 heavy (non-hydrogen) atoms. The van der Waals surface area contributed by atoms with Crippen LogP contribution in [-0.2, 0) is 6.54 Å². The minimum absolute atomic E-state index is 0.586. The summed E-state index contributed by atoms with van der Waals surface area (Å²) in [7, 11) is 0. The predicted octanol–water partition coefficient (Wildman–Crippen LogP) is 1.64. The van der Waals surface area contributed by atoms with E-state index in [0.717, 1.165) is 50.5 Å². The van der Waals surface area contributed by atoms with Gasteiger partial charge in [-0.05, 0) is 18.7 Å². The van der Waals surface area contributed by atoms with Gasteiger partial charge in [-0.2, -0.15) is 5.26 Å². The van der Waals surface area contributed by atoms with E-state index < -0.39 is 0 Å². The van der Waals surface area contributed by atoms with Gasteiger partial charge in [-0.1, -0.05) is 13.0 Å². The van der Waals surface area contributed by atoms with E-state index in [0.29, 0.717) is 11.1 Å². The Morgan fingerprint density at radius 2 is 1.95 bits per heavy atom. The van der Waals surface area contributed by atoms with Crippen molar-refractivity contribution in [3.8, 4) is 6.07 Å².